The van der Waals surface area contributed by atoms with Gasteiger partial charge in [0.2, 0.25) is 5.91 Å². The number of hydrogen-bond acceptors (Lipinski definition) is 3. The second kappa shape index (κ2) is 8.77. The lowest BCUT2D eigenvalue weighted by Crippen LogP contribution is -2.37. The summed E-state index contributed by atoms with van der Waals surface area (Å²) in [6.07, 6.45) is 0.862. The molecular weight excluding hydrogens is 266 g/mol. The average Bonchev–Trinajstić information content (AvgIpc) is 2.49. The largest absolute Gasteiger partial charge is 0.355 e. The standard InChI is InChI=1S/C16H21N3O2/c1-3-9-18-15(20)11-19-16(21)14-10-13(5-4-8-17)7-6-12(14)2/h6-7,10H,3,8-9,11,17H2,1-2H3,(H,18,20)(H,19,21). The van der Waals surface area contributed by atoms with Crippen LogP contribution in [0.1, 0.15) is 34.8 Å². The summed E-state index contributed by atoms with van der Waals surface area (Å²) in [5.74, 6) is 5.16. The third kappa shape index (κ3) is 5.67. The molecule has 0 saturated carbocycles. The molecule has 0 aliphatic rings. The van der Waals surface area contributed by atoms with E-state index in [-0.39, 0.29) is 24.9 Å². The highest BCUT2D eigenvalue weighted by atomic mass is 16.2. The number of hydrogen-bond donors (Lipinski definition) is 3. The molecule has 4 N–H and O–H groups in total. The molecular formula is C16H21N3O2. The SMILES string of the molecule is CCCNC(=O)CNC(=O)c1cc(C#CCN)ccc1C. The van der Waals surface area contributed by atoms with Crippen molar-refractivity contribution >= 4 is 11.8 Å². The molecule has 1 rings (SSSR count). The van der Waals surface area contributed by atoms with E-state index in [0.29, 0.717) is 12.1 Å². The Bertz CT molecular complexity index is 571. The van der Waals surface area contributed by atoms with Crippen molar-refractivity contribution in [2.75, 3.05) is 19.6 Å². The molecule has 0 heterocycles. The average molecular weight is 287 g/mol. The number of carbonyl (C=O) groups is 2. The number of amides is 2. The molecule has 0 aliphatic carbocycles. The smallest absolute Gasteiger partial charge is 0.252 e. The quantitative estimate of drug-likeness (QED) is 0.692. The number of benzene rings is 1. The Kier molecular flexibility index (Phi) is 6.99. The van der Waals surface area contributed by atoms with Gasteiger partial charge in [0.25, 0.3) is 5.91 Å². The Labute approximate surface area is 125 Å². The van der Waals surface area contributed by atoms with E-state index in [9.17, 15) is 9.59 Å². The van der Waals surface area contributed by atoms with E-state index in [4.69, 9.17) is 5.73 Å². The normalized spacial score (nSPS) is 9.48. The van der Waals surface area contributed by atoms with Crippen molar-refractivity contribution in [1.82, 2.24) is 10.6 Å². The van der Waals surface area contributed by atoms with Gasteiger partial charge in [-0.05, 0) is 31.0 Å². The molecule has 1 aromatic rings. The van der Waals surface area contributed by atoms with Gasteiger partial charge in [-0.3, -0.25) is 9.59 Å². The fourth-order valence-electron chi connectivity index (χ4n) is 1.68. The number of nitrogens with one attached hydrogen (secondary N) is 2. The summed E-state index contributed by atoms with van der Waals surface area (Å²) >= 11 is 0. The highest BCUT2D eigenvalue weighted by Gasteiger charge is 2.10. The van der Waals surface area contributed by atoms with Crippen LogP contribution in [0.2, 0.25) is 0 Å². The van der Waals surface area contributed by atoms with Crippen molar-refractivity contribution in [1.29, 1.82) is 0 Å². The first-order valence-corrected chi connectivity index (χ1v) is 6.93. The summed E-state index contributed by atoms with van der Waals surface area (Å²) in [6.45, 7) is 4.66. The Morgan fingerprint density at radius 2 is 2.05 bits per heavy atom. The van der Waals surface area contributed by atoms with Crippen LogP contribution in [0.3, 0.4) is 0 Å². The van der Waals surface area contributed by atoms with E-state index in [1.807, 2.05) is 26.0 Å². The Morgan fingerprint density at radius 3 is 2.71 bits per heavy atom. The molecule has 0 saturated heterocycles. The molecule has 0 radical (unpaired) electrons. The maximum Gasteiger partial charge on any atom is 0.252 e. The minimum absolute atomic E-state index is 0.0308. The Balaban J connectivity index is 2.71. The van der Waals surface area contributed by atoms with Gasteiger partial charge in [-0.2, -0.15) is 0 Å². The van der Waals surface area contributed by atoms with Gasteiger partial charge in [0.15, 0.2) is 0 Å². The number of carbonyl (C=O) groups excluding carboxylic acids is 2. The first kappa shape index (κ1) is 16.7. The van der Waals surface area contributed by atoms with E-state index in [1.54, 1.807) is 6.07 Å². The van der Waals surface area contributed by atoms with E-state index < -0.39 is 0 Å². The molecule has 2 amide bonds. The van der Waals surface area contributed by atoms with Crippen LogP contribution in [0.5, 0.6) is 0 Å². The van der Waals surface area contributed by atoms with Crippen molar-refractivity contribution in [3.8, 4) is 11.8 Å². The summed E-state index contributed by atoms with van der Waals surface area (Å²) in [6, 6.07) is 5.37. The minimum Gasteiger partial charge on any atom is -0.355 e. The maximum absolute atomic E-state index is 12.1. The first-order valence-electron chi connectivity index (χ1n) is 6.93. The molecule has 112 valence electrons. The van der Waals surface area contributed by atoms with Crippen LogP contribution < -0.4 is 16.4 Å². The van der Waals surface area contributed by atoms with Gasteiger partial charge in [-0.15, -0.1) is 0 Å². The molecule has 0 aromatic heterocycles. The van der Waals surface area contributed by atoms with Crippen molar-refractivity contribution in [3.05, 3.63) is 34.9 Å². The van der Waals surface area contributed by atoms with Gasteiger partial charge in [-0.25, -0.2) is 0 Å². The zero-order valence-electron chi connectivity index (χ0n) is 12.5. The van der Waals surface area contributed by atoms with Gasteiger partial charge in [0.1, 0.15) is 0 Å². The molecule has 0 aliphatic heterocycles. The van der Waals surface area contributed by atoms with Gasteiger partial charge >= 0.3 is 0 Å². The van der Waals surface area contributed by atoms with Crippen LogP contribution >= 0.6 is 0 Å². The third-order valence-electron chi connectivity index (χ3n) is 2.80. The molecule has 5 nitrogen and oxygen atoms in total. The molecule has 0 spiro atoms. The van der Waals surface area contributed by atoms with Gasteiger partial charge in [0.05, 0.1) is 13.1 Å². The van der Waals surface area contributed by atoms with Crippen molar-refractivity contribution in [2.24, 2.45) is 5.73 Å². The van der Waals surface area contributed by atoms with Crippen LogP contribution in [0.4, 0.5) is 0 Å². The van der Waals surface area contributed by atoms with Crippen molar-refractivity contribution in [2.45, 2.75) is 20.3 Å². The number of rotatable bonds is 5. The fourth-order valence-corrected chi connectivity index (χ4v) is 1.68. The van der Waals surface area contributed by atoms with E-state index in [0.717, 1.165) is 17.5 Å². The monoisotopic (exact) mass is 287 g/mol. The lowest BCUT2D eigenvalue weighted by Gasteiger charge is -2.08. The van der Waals surface area contributed by atoms with Gasteiger partial charge in [0, 0.05) is 17.7 Å². The van der Waals surface area contributed by atoms with Crippen LogP contribution in [0.25, 0.3) is 0 Å². The minimum atomic E-state index is -0.282. The third-order valence-corrected chi connectivity index (χ3v) is 2.80. The van der Waals surface area contributed by atoms with Crippen molar-refractivity contribution in [3.63, 3.8) is 0 Å². The Hall–Kier alpha value is -2.32. The van der Waals surface area contributed by atoms with Gasteiger partial charge in [-0.1, -0.05) is 24.8 Å². The fraction of sp³-hybridized carbons (Fsp3) is 0.375. The molecule has 0 fully saturated rings. The predicted octanol–water partition coefficient (Wildman–Crippen LogP) is 0.561. The lowest BCUT2D eigenvalue weighted by molar-refractivity contribution is -0.120. The molecule has 0 bridgehead atoms. The highest BCUT2D eigenvalue weighted by molar-refractivity contribution is 5.98. The van der Waals surface area contributed by atoms with E-state index in [1.165, 1.54) is 0 Å². The van der Waals surface area contributed by atoms with Crippen LogP contribution in [0, 0.1) is 18.8 Å². The highest BCUT2D eigenvalue weighted by Crippen LogP contribution is 2.10. The topological polar surface area (TPSA) is 84.2 Å². The zero-order chi connectivity index (χ0) is 15.7. The predicted molar refractivity (Wildman–Crippen MR) is 82.7 cm³/mol. The second-order valence-electron chi connectivity index (χ2n) is 4.57. The Morgan fingerprint density at radius 1 is 1.29 bits per heavy atom. The molecule has 21 heavy (non-hydrogen) atoms. The van der Waals surface area contributed by atoms with Gasteiger partial charge < -0.3 is 16.4 Å². The van der Waals surface area contributed by atoms with E-state index in [2.05, 4.69) is 22.5 Å². The zero-order valence-corrected chi connectivity index (χ0v) is 12.5. The molecule has 5 heteroatoms. The summed E-state index contributed by atoms with van der Waals surface area (Å²) in [5.41, 5.74) is 7.41. The summed E-state index contributed by atoms with van der Waals surface area (Å²) in [5, 5.41) is 5.31. The lowest BCUT2D eigenvalue weighted by atomic mass is 10.0. The van der Waals surface area contributed by atoms with Crippen LogP contribution in [-0.2, 0) is 4.79 Å². The summed E-state index contributed by atoms with van der Waals surface area (Å²) in [7, 11) is 0. The number of aryl methyl sites for hydroxylation is 1. The molecule has 0 atom stereocenters. The first-order chi connectivity index (χ1) is 10.1. The van der Waals surface area contributed by atoms with Crippen molar-refractivity contribution < 1.29 is 9.59 Å². The van der Waals surface area contributed by atoms with Crippen LogP contribution in [0.15, 0.2) is 18.2 Å². The number of nitrogens with two attached hydrogens (primary N) is 1. The summed E-state index contributed by atoms with van der Waals surface area (Å²) < 4.78 is 0. The molecule has 1 aromatic carbocycles. The maximum atomic E-state index is 12.1. The molecule has 0 unspecified atom stereocenters. The summed E-state index contributed by atoms with van der Waals surface area (Å²) in [4.78, 5) is 23.6. The van der Waals surface area contributed by atoms with Crippen LogP contribution in [-0.4, -0.2) is 31.4 Å². The van der Waals surface area contributed by atoms with E-state index >= 15 is 0 Å². The second-order valence-corrected chi connectivity index (χ2v) is 4.57.